The van der Waals surface area contributed by atoms with Gasteiger partial charge >= 0.3 is 0 Å². The molecule has 0 spiro atoms. The number of unbranched alkanes of at least 4 members (excludes halogenated alkanes) is 1. The van der Waals surface area contributed by atoms with Gasteiger partial charge in [-0.3, -0.25) is 0 Å². The number of hydrogen-bond acceptors (Lipinski definition) is 2. The van der Waals surface area contributed by atoms with Crippen molar-refractivity contribution >= 4 is 12.0 Å². The number of imidazole rings is 1. The molecule has 3 rings (SSSR count). The summed E-state index contributed by atoms with van der Waals surface area (Å²) in [4.78, 5) is 9.14. The number of nitrogens with two attached hydrogens (primary N) is 1. The van der Waals surface area contributed by atoms with E-state index in [4.69, 9.17) is 10.7 Å². The highest BCUT2D eigenvalue weighted by atomic mass is 15.1. The van der Waals surface area contributed by atoms with E-state index in [1.165, 1.54) is 49.7 Å². The third-order valence-corrected chi connectivity index (χ3v) is 5.62. The maximum atomic E-state index is 5.64. The maximum absolute atomic E-state index is 5.64. The molecule has 1 aliphatic rings. The first kappa shape index (κ1) is 23.9. The Bertz CT molecular complexity index is 806. The van der Waals surface area contributed by atoms with Gasteiger partial charge in [0.1, 0.15) is 5.82 Å². The maximum Gasteiger partial charge on any atom is 0.116 e. The number of nitrogens with zero attached hydrogens (tertiary/aromatic N) is 3. The Morgan fingerprint density at radius 1 is 1.27 bits per heavy atom. The molecule has 1 aromatic carbocycles. The summed E-state index contributed by atoms with van der Waals surface area (Å²) >= 11 is 0. The second-order valence-corrected chi connectivity index (χ2v) is 8.24. The lowest BCUT2D eigenvalue weighted by molar-refractivity contribution is 0.399. The lowest BCUT2D eigenvalue weighted by Crippen LogP contribution is -2.13. The molecule has 0 bridgehead atoms. The summed E-state index contributed by atoms with van der Waals surface area (Å²) in [5, 5.41) is 0. The first-order valence-corrected chi connectivity index (χ1v) is 11.7. The highest BCUT2D eigenvalue weighted by Crippen LogP contribution is 2.37. The molecule has 1 fully saturated rings. The van der Waals surface area contributed by atoms with Crippen LogP contribution in [0.3, 0.4) is 0 Å². The minimum Gasteiger partial charge on any atom is -0.387 e. The summed E-state index contributed by atoms with van der Waals surface area (Å²) in [6.45, 7) is 10.4. The molecular formula is C26H40N4. The molecule has 4 nitrogen and oxygen atoms in total. The lowest BCUT2D eigenvalue weighted by atomic mass is 9.85. The van der Waals surface area contributed by atoms with Crippen molar-refractivity contribution in [1.82, 2.24) is 9.55 Å². The van der Waals surface area contributed by atoms with Crippen LogP contribution in [-0.4, -0.2) is 15.4 Å². The predicted octanol–water partition coefficient (Wildman–Crippen LogP) is 7.02. The smallest absolute Gasteiger partial charge is 0.116 e. The molecule has 1 unspecified atom stereocenters. The number of aromatic nitrogens is 2. The van der Waals surface area contributed by atoms with Crippen molar-refractivity contribution in [3.05, 3.63) is 48.1 Å². The third-order valence-electron chi connectivity index (χ3n) is 5.62. The Balaban J connectivity index is 0.00000155. The zero-order chi connectivity index (χ0) is 21.9. The molecule has 0 saturated heterocycles. The van der Waals surface area contributed by atoms with Gasteiger partial charge in [0.15, 0.2) is 0 Å². The Labute approximate surface area is 183 Å². The van der Waals surface area contributed by atoms with E-state index in [2.05, 4.69) is 53.9 Å². The van der Waals surface area contributed by atoms with Crippen LogP contribution in [0.1, 0.15) is 90.4 Å². The largest absolute Gasteiger partial charge is 0.387 e. The summed E-state index contributed by atoms with van der Waals surface area (Å²) in [7, 11) is 0. The van der Waals surface area contributed by atoms with Gasteiger partial charge in [-0.25, -0.2) is 9.98 Å². The SMILES string of the molecule is CC.CCCCC(C)Cc1ccc(-c2cn(/C=C\N=C(C)N)c(C3CCC3)n2)cc1. The Kier molecular flexibility index (Phi) is 9.85. The van der Waals surface area contributed by atoms with Crippen LogP contribution in [0.5, 0.6) is 0 Å². The second-order valence-electron chi connectivity index (χ2n) is 8.24. The van der Waals surface area contributed by atoms with Crippen molar-refractivity contribution in [3.63, 3.8) is 0 Å². The molecule has 0 aliphatic heterocycles. The van der Waals surface area contributed by atoms with Gasteiger partial charge in [0, 0.05) is 30.1 Å². The zero-order valence-electron chi connectivity index (χ0n) is 19.6. The first-order chi connectivity index (χ1) is 14.6. The molecule has 2 N–H and O–H groups in total. The van der Waals surface area contributed by atoms with Crippen LogP contribution in [0.4, 0.5) is 0 Å². The van der Waals surface area contributed by atoms with Gasteiger partial charge < -0.3 is 10.3 Å². The van der Waals surface area contributed by atoms with Gasteiger partial charge in [0.2, 0.25) is 0 Å². The fourth-order valence-corrected chi connectivity index (χ4v) is 3.73. The first-order valence-electron chi connectivity index (χ1n) is 11.7. The standard InChI is InChI=1S/C24H34N4.C2H6/c1-4-5-7-18(2)16-20-10-12-21(13-11-20)23-17-28(15-14-26-19(3)25)24(27-23)22-8-6-9-22;1-2/h10-15,17-18,22H,4-9,16H2,1-3H3,(H2,25,26);1-2H3/b15-14-;. The van der Waals surface area contributed by atoms with Crippen molar-refractivity contribution in [2.24, 2.45) is 16.6 Å². The molecule has 1 saturated carbocycles. The average molecular weight is 409 g/mol. The normalized spacial score (nSPS) is 15.6. The summed E-state index contributed by atoms with van der Waals surface area (Å²) in [6.07, 6.45) is 14.6. The van der Waals surface area contributed by atoms with Gasteiger partial charge in [0.25, 0.3) is 0 Å². The summed E-state index contributed by atoms with van der Waals surface area (Å²) in [5.74, 6) is 3.00. The second kappa shape index (κ2) is 12.4. The van der Waals surface area contributed by atoms with E-state index in [0.29, 0.717) is 11.8 Å². The van der Waals surface area contributed by atoms with Crippen molar-refractivity contribution in [2.75, 3.05) is 0 Å². The molecule has 4 heteroatoms. The molecule has 30 heavy (non-hydrogen) atoms. The molecule has 0 amide bonds. The van der Waals surface area contributed by atoms with E-state index in [9.17, 15) is 0 Å². The third kappa shape index (κ3) is 6.86. The van der Waals surface area contributed by atoms with Crippen LogP contribution < -0.4 is 5.73 Å². The highest BCUT2D eigenvalue weighted by Gasteiger charge is 2.24. The molecular weight excluding hydrogens is 368 g/mol. The Morgan fingerprint density at radius 3 is 2.53 bits per heavy atom. The minimum absolute atomic E-state index is 0.556. The highest BCUT2D eigenvalue weighted by molar-refractivity contribution is 5.78. The fourth-order valence-electron chi connectivity index (χ4n) is 3.73. The van der Waals surface area contributed by atoms with E-state index >= 15 is 0 Å². The van der Waals surface area contributed by atoms with Crippen LogP contribution >= 0.6 is 0 Å². The number of aliphatic imine (C=N–C) groups is 1. The Morgan fingerprint density at radius 2 is 1.97 bits per heavy atom. The Hall–Kier alpha value is -2.36. The van der Waals surface area contributed by atoms with Crippen molar-refractivity contribution in [1.29, 1.82) is 0 Å². The van der Waals surface area contributed by atoms with E-state index in [1.807, 2.05) is 20.0 Å². The molecule has 1 heterocycles. The lowest BCUT2D eigenvalue weighted by Gasteiger charge is -2.24. The predicted molar refractivity (Wildman–Crippen MR) is 131 cm³/mol. The quantitative estimate of drug-likeness (QED) is 0.358. The molecule has 0 radical (unpaired) electrons. The summed E-state index contributed by atoms with van der Waals surface area (Å²) in [6, 6.07) is 8.95. The monoisotopic (exact) mass is 408 g/mol. The molecule has 1 aromatic heterocycles. The van der Waals surface area contributed by atoms with Crippen LogP contribution in [-0.2, 0) is 6.42 Å². The fraction of sp³-hybridized carbons (Fsp3) is 0.538. The minimum atomic E-state index is 0.556. The van der Waals surface area contributed by atoms with E-state index in [0.717, 1.165) is 23.9 Å². The van der Waals surface area contributed by atoms with Gasteiger partial charge in [0.05, 0.1) is 11.5 Å². The number of benzene rings is 1. The van der Waals surface area contributed by atoms with Gasteiger partial charge in [-0.15, -0.1) is 0 Å². The number of hydrogen-bond donors (Lipinski definition) is 1. The van der Waals surface area contributed by atoms with Crippen molar-refractivity contribution < 1.29 is 0 Å². The number of rotatable bonds is 9. The van der Waals surface area contributed by atoms with E-state index in [-0.39, 0.29) is 0 Å². The van der Waals surface area contributed by atoms with Gasteiger partial charge in [-0.2, -0.15) is 0 Å². The van der Waals surface area contributed by atoms with Crippen LogP contribution in [0.15, 0.2) is 41.7 Å². The zero-order valence-corrected chi connectivity index (χ0v) is 19.6. The van der Waals surface area contributed by atoms with Gasteiger partial charge in [-0.1, -0.05) is 77.6 Å². The van der Waals surface area contributed by atoms with Crippen molar-refractivity contribution in [2.45, 2.75) is 85.5 Å². The van der Waals surface area contributed by atoms with E-state index < -0.39 is 0 Å². The molecule has 1 atom stereocenters. The van der Waals surface area contributed by atoms with Crippen molar-refractivity contribution in [3.8, 4) is 11.3 Å². The topological polar surface area (TPSA) is 56.2 Å². The summed E-state index contributed by atoms with van der Waals surface area (Å²) < 4.78 is 2.12. The van der Waals surface area contributed by atoms with Crippen LogP contribution in [0, 0.1) is 5.92 Å². The van der Waals surface area contributed by atoms with Crippen LogP contribution in [0.2, 0.25) is 0 Å². The van der Waals surface area contributed by atoms with Crippen LogP contribution in [0.25, 0.3) is 17.5 Å². The molecule has 1 aliphatic carbocycles. The molecule has 164 valence electrons. The summed E-state index contributed by atoms with van der Waals surface area (Å²) in [5.41, 5.74) is 9.26. The van der Waals surface area contributed by atoms with Gasteiger partial charge in [-0.05, 0) is 37.7 Å². The van der Waals surface area contributed by atoms with E-state index in [1.54, 1.807) is 13.1 Å². The average Bonchev–Trinajstić information content (AvgIpc) is 3.10. The molecule has 2 aromatic rings. The number of amidine groups is 1.